The molecule has 0 aliphatic heterocycles. The number of fused-ring (bicyclic) bond motifs is 1. The van der Waals surface area contributed by atoms with Gasteiger partial charge in [0, 0.05) is 34.3 Å². The maximum Gasteiger partial charge on any atom is 0.272 e. The molecule has 150 valence electrons. The molecule has 0 atom stereocenters. The number of aryl methyl sites for hydroxylation is 2. The molecule has 4 aromatic rings. The number of hydrogen-bond donors (Lipinski definition) is 1. The third-order valence-electron chi connectivity index (χ3n) is 5.03. The first-order valence-electron chi connectivity index (χ1n) is 9.43. The van der Waals surface area contributed by atoms with Crippen molar-refractivity contribution < 1.29 is 4.79 Å². The molecule has 0 aliphatic rings. The third kappa shape index (κ3) is 3.82. The molecule has 0 unspecified atom stereocenters. The molecule has 6 nitrogen and oxygen atoms in total. The number of hydrogen-bond acceptors (Lipinski definition) is 4. The van der Waals surface area contributed by atoms with Crippen LogP contribution in [0, 0.1) is 13.8 Å². The summed E-state index contributed by atoms with van der Waals surface area (Å²) in [6.07, 6.45) is 1.62. The van der Waals surface area contributed by atoms with Gasteiger partial charge in [-0.25, -0.2) is 10.4 Å². The highest BCUT2D eigenvalue weighted by atomic mass is 35.5. The summed E-state index contributed by atoms with van der Waals surface area (Å²) in [4.78, 5) is 17.7. The lowest BCUT2D eigenvalue weighted by molar-refractivity contribution is 0.0956. The Bertz CT molecular complexity index is 1270. The number of hydrazone groups is 1. The summed E-state index contributed by atoms with van der Waals surface area (Å²) in [7, 11) is 1.87. The van der Waals surface area contributed by atoms with Gasteiger partial charge in [0.2, 0.25) is 0 Å². The number of para-hydroxylation sites is 1. The van der Waals surface area contributed by atoms with E-state index in [2.05, 4.69) is 15.6 Å². The van der Waals surface area contributed by atoms with Crippen molar-refractivity contribution in [1.29, 1.82) is 0 Å². The van der Waals surface area contributed by atoms with Crippen LogP contribution < -0.4 is 5.43 Å². The van der Waals surface area contributed by atoms with Gasteiger partial charge in [-0.3, -0.25) is 9.48 Å². The maximum absolute atomic E-state index is 13.0. The molecule has 1 amide bonds. The van der Waals surface area contributed by atoms with Crippen LogP contribution in [0.5, 0.6) is 0 Å². The zero-order chi connectivity index (χ0) is 21.3. The second kappa shape index (κ2) is 8.08. The van der Waals surface area contributed by atoms with Gasteiger partial charge in [-0.1, -0.05) is 41.9 Å². The standard InChI is InChI=1S/C23H20ClN5O/c1-14-20(15(2)29(3)28-14)13-25-27-23(30)19-12-22(16-8-10-17(24)11-9-16)26-21-7-5-4-6-18(19)21/h4-13H,1-3H3,(H,27,30)/b25-13-. The van der Waals surface area contributed by atoms with Gasteiger partial charge in [-0.15, -0.1) is 0 Å². The number of pyridine rings is 1. The van der Waals surface area contributed by atoms with Crippen molar-refractivity contribution in [2.24, 2.45) is 12.1 Å². The molecule has 2 aromatic heterocycles. The minimum atomic E-state index is -0.306. The Labute approximate surface area is 179 Å². The molecule has 0 aliphatic carbocycles. The predicted octanol–water partition coefficient (Wildman–Crippen LogP) is 4.67. The Morgan fingerprint density at radius 1 is 1.13 bits per heavy atom. The van der Waals surface area contributed by atoms with E-state index in [1.807, 2.05) is 57.3 Å². The molecule has 1 N–H and O–H groups in total. The fraction of sp³-hybridized carbons (Fsp3) is 0.130. The number of nitrogens with one attached hydrogen (secondary N) is 1. The van der Waals surface area contributed by atoms with Gasteiger partial charge < -0.3 is 0 Å². The van der Waals surface area contributed by atoms with Crippen LogP contribution in [0.4, 0.5) is 0 Å². The molecular formula is C23H20ClN5O. The van der Waals surface area contributed by atoms with Gasteiger partial charge in [-0.2, -0.15) is 10.2 Å². The minimum absolute atomic E-state index is 0.306. The number of halogens is 1. The van der Waals surface area contributed by atoms with E-state index in [1.165, 1.54) is 0 Å². The fourth-order valence-electron chi connectivity index (χ4n) is 3.32. The summed E-state index contributed by atoms with van der Waals surface area (Å²) in [5, 5.41) is 9.92. The van der Waals surface area contributed by atoms with Crippen LogP contribution in [-0.2, 0) is 7.05 Å². The summed E-state index contributed by atoms with van der Waals surface area (Å²) in [5.41, 5.74) is 8.16. The lowest BCUT2D eigenvalue weighted by Gasteiger charge is -2.09. The van der Waals surface area contributed by atoms with Crippen molar-refractivity contribution in [2.75, 3.05) is 0 Å². The molecule has 0 spiro atoms. The number of benzene rings is 2. The SMILES string of the molecule is Cc1nn(C)c(C)c1/C=N\NC(=O)c1cc(-c2ccc(Cl)cc2)nc2ccccc12. The number of rotatable bonds is 4. The summed E-state index contributed by atoms with van der Waals surface area (Å²) in [6, 6.07) is 16.7. The number of nitrogens with zero attached hydrogens (tertiary/aromatic N) is 4. The molecule has 0 radical (unpaired) electrons. The largest absolute Gasteiger partial charge is 0.272 e. The molecule has 0 bridgehead atoms. The van der Waals surface area contributed by atoms with Gasteiger partial charge in [0.15, 0.2) is 0 Å². The number of aromatic nitrogens is 3. The Morgan fingerprint density at radius 3 is 2.57 bits per heavy atom. The van der Waals surface area contributed by atoms with E-state index in [0.717, 1.165) is 33.4 Å². The highest BCUT2D eigenvalue weighted by molar-refractivity contribution is 6.30. The number of carbonyl (C=O) groups is 1. The average Bonchev–Trinajstić information content (AvgIpc) is 2.99. The zero-order valence-electron chi connectivity index (χ0n) is 16.8. The maximum atomic E-state index is 13.0. The van der Waals surface area contributed by atoms with Crippen LogP contribution in [0.15, 0.2) is 59.7 Å². The van der Waals surface area contributed by atoms with Crippen molar-refractivity contribution >= 4 is 34.6 Å². The van der Waals surface area contributed by atoms with Crippen molar-refractivity contribution in [3.05, 3.63) is 82.1 Å². The quantitative estimate of drug-likeness (QED) is 0.387. The molecule has 30 heavy (non-hydrogen) atoms. The first kappa shape index (κ1) is 19.8. The van der Waals surface area contributed by atoms with Crippen molar-refractivity contribution in [1.82, 2.24) is 20.2 Å². The summed E-state index contributed by atoms with van der Waals surface area (Å²) in [6.45, 7) is 3.86. The lowest BCUT2D eigenvalue weighted by Crippen LogP contribution is -2.18. The first-order chi connectivity index (χ1) is 14.4. The third-order valence-corrected chi connectivity index (χ3v) is 5.28. The highest BCUT2D eigenvalue weighted by Crippen LogP contribution is 2.26. The molecule has 0 fully saturated rings. The molecule has 4 rings (SSSR count). The summed E-state index contributed by atoms with van der Waals surface area (Å²) < 4.78 is 1.78. The second-order valence-electron chi connectivity index (χ2n) is 6.99. The van der Waals surface area contributed by atoms with Crippen LogP contribution in [0.1, 0.15) is 27.3 Å². The van der Waals surface area contributed by atoms with Gasteiger partial charge in [0.1, 0.15) is 0 Å². The van der Waals surface area contributed by atoms with Gasteiger partial charge in [0.05, 0.1) is 28.7 Å². The monoisotopic (exact) mass is 417 g/mol. The molecule has 2 heterocycles. The molecule has 2 aromatic carbocycles. The van der Waals surface area contributed by atoms with E-state index in [4.69, 9.17) is 16.6 Å². The molecular weight excluding hydrogens is 398 g/mol. The Morgan fingerprint density at radius 2 is 1.87 bits per heavy atom. The summed E-state index contributed by atoms with van der Waals surface area (Å²) in [5.74, 6) is -0.306. The van der Waals surface area contributed by atoms with Crippen LogP contribution >= 0.6 is 11.6 Å². The molecule has 7 heteroatoms. The van der Waals surface area contributed by atoms with Crippen LogP contribution in [-0.4, -0.2) is 26.9 Å². The van der Waals surface area contributed by atoms with Crippen molar-refractivity contribution in [3.63, 3.8) is 0 Å². The van der Waals surface area contributed by atoms with E-state index in [9.17, 15) is 4.79 Å². The van der Waals surface area contributed by atoms with Crippen LogP contribution in [0.25, 0.3) is 22.2 Å². The number of carbonyl (C=O) groups excluding carboxylic acids is 1. The van der Waals surface area contributed by atoms with Crippen LogP contribution in [0.2, 0.25) is 5.02 Å². The highest BCUT2D eigenvalue weighted by Gasteiger charge is 2.14. The Hall–Kier alpha value is -3.51. The van der Waals surface area contributed by atoms with Gasteiger partial charge in [0.25, 0.3) is 5.91 Å². The Balaban J connectivity index is 1.69. The lowest BCUT2D eigenvalue weighted by atomic mass is 10.0. The van der Waals surface area contributed by atoms with Crippen LogP contribution in [0.3, 0.4) is 0 Å². The zero-order valence-corrected chi connectivity index (χ0v) is 17.6. The summed E-state index contributed by atoms with van der Waals surface area (Å²) >= 11 is 6.00. The fourth-order valence-corrected chi connectivity index (χ4v) is 3.45. The van der Waals surface area contributed by atoms with Gasteiger partial charge >= 0.3 is 0 Å². The second-order valence-corrected chi connectivity index (χ2v) is 7.42. The number of amides is 1. The molecule has 0 saturated heterocycles. The first-order valence-corrected chi connectivity index (χ1v) is 9.81. The Kier molecular flexibility index (Phi) is 5.33. The van der Waals surface area contributed by atoms with E-state index < -0.39 is 0 Å². The van der Waals surface area contributed by atoms with Crippen molar-refractivity contribution in [3.8, 4) is 11.3 Å². The topological polar surface area (TPSA) is 72.2 Å². The average molecular weight is 418 g/mol. The van der Waals surface area contributed by atoms with E-state index in [1.54, 1.807) is 29.1 Å². The normalized spacial score (nSPS) is 11.3. The van der Waals surface area contributed by atoms with E-state index in [-0.39, 0.29) is 5.91 Å². The predicted molar refractivity (Wildman–Crippen MR) is 120 cm³/mol. The van der Waals surface area contributed by atoms with E-state index >= 15 is 0 Å². The molecule has 0 saturated carbocycles. The minimum Gasteiger partial charge on any atom is -0.272 e. The van der Waals surface area contributed by atoms with E-state index in [0.29, 0.717) is 16.3 Å². The van der Waals surface area contributed by atoms with Crippen molar-refractivity contribution in [2.45, 2.75) is 13.8 Å². The van der Waals surface area contributed by atoms with Gasteiger partial charge in [-0.05, 0) is 38.1 Å². The smallest absolute Gasteiger partial charge is 0.272 e.